The molecule has 0 radical (unpaired) electrons. The van der Waals surface area contributed by atoms with Gasteiger partial charge in [-0.1, -0.05) is 20.3 Å². The number of piperidine rings is 1. The van der Waals surface area contributed by atoms with E-state index >= 15 is 0 Å². The van der Waals surface area contributed by atoms with E-state index in [0.29, 0.717) is 55.3 Å². The fourth-order valence-corrected chi connectivity index (χ4v) is 6.36. The predicted octanol–water partition coefficient (Wildman–Crippen LogP) is 3.89. The monoisotopic (exact) mass is 554 g/mol. The SMILES string of the molecule is CCC[C@H]1C[C@H](N(C)c2nc(Nc3cc(C)[nH]n3)cc(O[C@H]3CCOC3)n2)C[C@@H](CC)N1CC(=O)N1CCCC1. The van der Waals surface area contributed by atoms with Gasteiger partial charge in [-0.2, -0.15) is 15.1 Å². The molecule has 11 nitrogen and oxygen atoms in total. The molecule has 2 N–H and O–H groups in total. The molecule has 1 amide bonds. The Kier molecular flexibility index (Phi) is 9.41. The van der Waals surface area contributed by atoms with Crippen molar-refractivity contribution in [1.82, 2.24) is 30.0 Å². The topological polar surface area (TPSA) is 112 Å². The Labute approximate surface area is 238 Å². The van der Waals surface area contributed by atoms with Crippen LogP contribution in [0.1, 0.15) is 70.9 Å². The molecular weight excluding hydrogens is 508 g/mol. The second-order valence-corrected chi connectivity index (χ2v) is 11.6. The van der Waals surface area contributed by atoms with Gasteiger partial charge in [0.15, 0.2) is 5.82 Å². The van der Waals surface area contributed by atoms with Gasteiger partial charge in [-0.05, 0) is 45.4 Å². The summed E-state index contributed by atoms with van der Waals surface area (Å²) in [5.74, 6) is 2.79. The Balaban J connectivity index is 1.36. The lowest BCUT2D eigenvalue weighted by atomic mass is 9.87. The van der Waals surface area contributed by atoms with Crippen LogP contribution in [0.3, 0.4) is 0 Å². The predicted molar refractivity (Wildman–Crippen MR) is 155 cm³/mol. The molecule has 3 saturated heterocycles. The van der Waals surface area contributed by atoms with Crippen LogP contribution in [0.4, 0.5) is 17.6 Å². The first kappa shape index (κ1) is 28.6. The molecule has 40 heavy (non-hydrogen) atoms. The van der Waals surface area contributed by atoms with Crippen LogP contribution in [0.2, 0.25) is 0 Å². The highest BCUT2D eigenvalue weighted by atomic mass is 16.5. The van der Waals surface area contributed by atoms with E-state index in [0.717, 1.165) is 70.2 Å². The molecule has 11 heteroatoms. The molecule has 2 aromatic heterocycles. The largest absolute Gasteiger partial charge is 0.472 e. The van der Waals surface area contributed by atoms with Crippen molar-refractivity contribution >= 4 is 23.5 Å². The number of hydrogen-bond donors (Lipinski definition) is 2. The van der Waals surface area contributed by atoms with Gasteiger partial charge >= 0.3 is 0 Å². The average Bonchev–Trinajstić information content (AvgIpc) is 3.73. The number of ether oxygens (including phenoxy) is 2. The van der Waals surface area contributed by atoms with Crippen LogP contribution < -0.4 is 15.0 Å². The molecule has 0 aliphatic carbocycles. The second-order valence-electron chi connectivity index (χ2n) is 11.6. The van der Waals surface area contributed by atoms with Crippen molar-refractivity contribution in [2.45, 2.75) is 96.4 Å². The molecule has 0 saturated carbocycles. The summed E-state index contributed by atoms with van der Waals surface area (Å²) in [6.45, 7) is 10.1. The molecule has 2 aromatic rings. The van der Waals surface area contributed by atoms with Crippen molar-refractivity contribution in [2.24, 2.45) is 0 Å². The summed E-state index contributed by atoms with van der Waals surface area (Å²) in [5.41, 5.74) is 0.969. The normalized spacial score (nSPS) is 25.4. The van der Waals surface area contributed by atoms with Crippen molar-refractivity contribution in [3.8, 4) is 5.88 Å². The van der Waals surface area contributed by atoms with Crippen molar-refractivity contribution in [3.05, 3.63) is 17.8 Å². The van der Waals surface area contributed by atoms with Crippen molar-refractivity contribution in [2.75, 3.05) is 50.1 Å². The van der Waals surface area contributed by atoms with Crippen LogP contribution in [0.15, 0.2) is 12.1 Å². The van der Waals surface area contributed by atoms with Crippen LogP contribution in [-0.2, 0) is 9.53 Å². The zero-order valence-electron chi connectivity index (χ0n) is 24.6. The number of aromatic nitrogens is 4. The number of carbonyl (C=O) groups is 1. The zero-order valence-corrected chi connectivity index (χ0v) is 24.6. The minimum atomic E-state index is -0.0108. The number of H-pyrrole nitrogens is 1. The van der Waals surface area contributed by atoms with E-state index in [1.165, 1.54) is 0 Å². The Morgan fingerprint density at radius 1 is 1.18 bits per heavy atom. The number of rotatable bonds is 11. The smallest absolute Gasteiger partial charge is 0.236 e. The Bertz CT molecular complexity index is 1110. The second kappa shape index (κ2) is 13.2. The number of aromatic amines is 1. The molecule has 0 aromatic carbocycles. The van der Waals surface area contributed by atoms with Crippen LogP contribution in [0.25, 0.3) is 0 Å². The van der Waals surface area contributed by atoms with Gasteiger partial charge in [0.1, 0.15) is 11.9 Å². The van der Waals surface area contributed by atoms with Gasteiger partial charge in [-0.25, -0.2) is 0 Å². The van der Waals surface area contributed by atoms with E-state index in [2.05, 4.69) is 51.1 Å². The highest BCUT2D eigenvalue weighted by Crippen LogP contribution is 2.33. The first-order chi connectivity index (χ1) is 19.4. The summed E-state index contributed by atoms with van der Waals surface area (Å²) in [6, 6.07) is 4.72. The summed E-state index contributed by atoms with van der Waals surface area (Å²) < 4.78 is 11.7. The molecule has 4 atom stereocenters. The summed E-state index contributed by atoms with van der Waals surface area (Å²) in [5, 5.41) is 10.6. The molecule has 0 unspecified atom stereocenters. The molecule has 220 valence electrons. The lowest BCUT2D eigenvalue weighted by molar-refractivity contribution is -0.133. The van der Waals surface area contributed by atoms with E-state index in [-0.39, 0.29) is 18.1 Å². The summed E-state index contributed by atoms with van der Waals surface area (Å²) in [7, 11) is 2.09. The Morgan fingerprint density at radius 2 is 1.98 bits per heavy atom. The van der Waals surface area contributed by atoms with E-state index < -0.39 is 0 Å². The fourth-order valence-electron chi connectivity index (χ4n) is 6.36. The standard InChI is InChI=1S/C29H46N8O3/c1-5-9-22-16-23(15-21(6-2)37(22)18-28(38)36-11-7-8-12-36)35(4)29-31-25(30-26-14-20(3)33-34-26)17-27(32-29)40-24-10-13-39-19-24/h14,17,21-24H,5-13,15-16,18-19H2,1-4H3,(H2,30,31,32,33,34)/t21-,22+,23-,24+/m1/s1. The van der Waals surface area contributed by atoms with Gasteiger partial charge in [-0.3, -0.25) is 14.8 Å². The molecule has 3 aliphatic heterocycles. The van der Waals surface area contributed by atoms with Crippen molar-refractivity contribution in [3.63, 3.8) is 0 Å². The van der Waals surface area contributed by atoms with Gasteiger partial charge in [0, 0.05) is 62.5 Å². The average molecular weight is 555 g/mol. The molecule has 5 rings (SSSR count). The molecule has 3 aliphatic rings. The van der Waals surface area contributed by atoms with Crippen LogP contribution in [0, 0.1) is 6.92 Å². The summed E-state index contributed by atoms with van der Waals surface area (Å²) in [6.07, 6.45) is 8.20. The quantitative estimate of drug-likeness (QED) is 0.427. The van der Waals surface area contributed by atoms with Gasteiger partial charge in [0.2, 0.25) is 17.7 Å². The number of nitrogens with one attached hydrogen (secondary N) is 2. The highest BCUT2D eigenvalue weighted by molar-refractivity contribution is 5.78. The first-order valence-electron chi connectivity index (χ1n) is 15.1. The molecule has 0 spiro atoms. The summed E-state index contributed by atoms with van der Waals surface area (Å²) >= 11 is 0. The van der Waals surface area contributed by atoms with Crippen molar-refractivity contribution in [1.29, 1.82) is 0 Å². The van der Waals surface area contributed by atoms with E-state index in [1.54, 1.807) is 0 Å². The van der Waals surface area contributed by atoms with Crippen LogP contribution in [-0.4, -0.2) is 100.0 Å². The fraction of sp³-hybridized carbons (Fsp3) is 0.724. The Morgan fingerprint density at radius 3 is 2.65 bits per heavy atom. The maximum absolute atomic E-state index is 13.1. The zero-order chi connectivity index (χ0) is 28.1. The molecule has 0 bridgehead atoms. The van der Waals surface area contributed by atoms with Crippen LogP contribution >= 0.6 is 0 Å². The van der Waals surface area contributed by atoms with Gasteiger partial charge in [0.25, 0.3) is 0 Å². The number of carbonyl (C=O) groups excluding carboxylic acids is 1. The number of anilines is 3. The molecule has 5 heterocycles. The van der Waals surface area contributed by atoms with Crippen molar-refractivity contribution < 1.29 is 14.3 Å². The first-order valence-corrected chi connectivity index (χ1v) is 15.1. The van der Waals surface area contributed by atoms with Crippen LogP contribution in [0.5, 0.6) is 5.88 Å². The number of amides is 1. The van der Waals surface area contributed by atoms with E-state index in [1.807, 2.05) is 19.1 Å². The maximum Gasteiger partial charge on any atom is 0.236 e. The molecule has 3 fully saturated rings. The maximum atomic E-state index is 13.1. The van der Waals surface area contributed by atoms with Gasteiger partial charge in [-0.15, -0.1) is 0 Å². The van der Waals surface area contributed by atoms with E-state index in [9.17, 15) is 4.79 Å². The van der Waals surface area contributed by atoms with E-state index in [4.69, 9.17) is 19.4 Å². The summed E-state index contributed by atoms with van der Waals surface area (Å²) in [4.78, 5) is 29.7. The van der Waals surface area contributed by atoms with Gasteiger partial charge in [0.05, 0.1) is 19.8 Å². The third kappa shape index (κ3) is 6.86. The lowest BCUT2D eigenvalue weighted by Gasteiger charge is -2.47. The van der Waals surface area contributed by atoms with Gasteiger partial charge < -0.3 is 24.6 Å². The minimum Gasteiger partial charge on any atom is -0.472 e. The third-order valence-corrected chi connectivity index (χ3v) is 8.59. The third-order valence-electron chi connectivity index (χ3n) is 8.59. The Hall–Kier alpha value is -2.92. The number of aryl methyl sites for hydroxylation is 1. The minimum absolute atomic E-state index is 0.0108. The lowest BCUT2D eigenvalue weighted by Crippen LogP contribution is -2.56. The number of likely N-dealkylation sites (tertiary alicyclic amines) is 2. The number of nitrogens with zero attached hydrogens (tertiary/aromatic N) is 6. The molecular formula is C29H46N8O3. The highest BCUT2D eigenvalue weighted by Gasteiger charge is 2.38. The number of hydrogen-bond acceptors (Lipinski definition) is 9.